The first-order valence-corrected chi connectivity index (χ1v) is 6.13. The molecule has 1 aliphatic rings. The van der Waals surface area contributed by atoms with Crippen LogP contribution < -0.4 is 15.8 Å². The zero-order chi connectivity index (χ0) is 12.3. The third kappa shape index (κ3) is 3.18. The van der Waals surface area contributed by atoms with Crippen molar-refractivity contribution in [1.29, 1.82) is 0 Å². The van der Waals surface area contributed by atoms with E-state index in [1.165, 1.54) is 19.3 Å². The van der Waals surface area contributed by atoms with Crippen molar-refractivity contribution < 1.29 is 4.74 Å². The number of rotatable bonds is 6. The second kappa shape index (κ2) is 5.16. The van der Waals surface area contributed by atoms with E-state index in [1.807, 2.05) is 6.92 Å². The highest BCUT2D eigenvalue weighted by molar-refractivity contribution is 5.35. The molecule has 2 atom stereocenters. The number of nitrogens with zero attached hydrogens (tertiary/aromatic N) is 3. The van der Waals surface area contributed by atoms with Gasteiger partial charge in [-0.3, -0.25) is 0 Å². The molecule has 17 heavy (non-hydrogen) atoms. The van der Waals surface area contributed by atoms with Crippen molar-refractivity contribution in [2.75, 3.05) is 17.7 Å². The van der Waals surface area contributed by atoms with E-state index in [2.05, 4.69) is 27.2 Å². The largest absolute Gasteiger partial charge is 0.464 e. The maximum atomic E-state index is 5.60. The van der Waals surface area contributed by atoms with E-state index in [0.717, 1.165) is 5.92 Å². The first-order chi connectivity index (χ1) is 8.22. The first-order valence-electron chi connectivity index (χ1n) is 6.13. The van der Waals surface area contributed by atoms with Gasteiger partial charge in [0.25, 0.3) is 0 Å². The molecule has 0 amide bonds. The van der Waals surface area contributed by atoms with Crippen molar-refractivity contribution in [3.8, 4) is 6.01 Å². The summed E-state index contributed by atoms with van der Waals surface area (Å²) in [5, 5.41) is 3.27. The molecule has 2 unspecified atom stereocenters. The van der Waals surface area contributed by atoms with Gasteiger partial charge in [0.15, 0.2) is 0 Å². The molecule has 0 aliphatic heterocycles. The zero-order valence-corrected chi connectivity index (χ0v) is 10.3. The van der Waals surface area contributed by atoms with E-state index in [-0.39, 0.29) is 12.0 Å². The van der Waals surface area contributed by atoms with Crippen LogP contribution in [0.3, 0.4) is 0 Å². The SMILES string of the molecule is CCCC1CC1Nc1nc(N)nc(OCC)n1. The van der Waals surface area contributed by atoms with Crippen LogP contribution >= 0.6 is 0 Å². The van der Waals surface area contributed by atoms with Gasteiger partial charge in [0.2, 0.25) is 11.9 Å². The molecular formula is C11H19N5O. The monoisotopic (exact) mass is 237 g/mol. The minimum absolute atomic E-state index is 0.193. The van der Waals surface area contributed by atoms with Crippen LogP contribution in [-0.2, 0) is 0 Å². The van der Waals surface area contributed by atoms with E-state index < -0.39 is 0 Å². The van der Waals surface area contributed by atoms with Crippen LogP contribution in [0.2, 0.25) is 0 Å². The Labute approximate surface area is 101 Å². The maximum absolute atomic E-state index is 5.60. The molecule has 0 bridgehead atoms. The summed E-state index contributed by atoms with van der Waals surface area (Å²) in [6, 6.07) is 0.765. The van der Waals surface area contributed by atoms with E-state index in [9.17, 15) is 0 Å². The highest BCUT2D eigenvalue weighted by atomic mass is 16.5. The molecule has 1 aliphatic carbocycles. The lowest BCUT2D eigenvalue weighted by Gasteiger charge is -2.06. The number of hydrogen-bond donors (Lipinski definition) is 2. The highest BCUT2D eigenvalue weighted by Crippen LogP contribution is 2.36. The van der Waals surface area contributed by atoms with Gasteiger partial charge in [0, 0.05) is 6.04 Å². The predicted octanol–water partition coefficient (Wildman–Crippen LogP) is 1.45. The van der Waals surface area contributed by atoms with Gasteiger partial charge >= 0.3 is 6.01 Å². The van der Waals surface area contributed by atoms with Gasteiger partial charge in [-0.1, -0.05) is 13.3 Å². The van der Waals surface area contributed by atoms with Gasteiger partial charge in [-0.25, -0.2) is 0 Å². The minimum Gasteiger partial charge on any atom is -0.464 e. The van der Waals surface area contributed by atoms with Crippen molar-refractivity contribution in [2.45, 2.75) is 39.2 Å². The number of ether oxygens (including phenoxy) is 1. The van der Waals surface area contributed by atoms with Crippen molar-refractivity contribution >= 4 is 11.9 Å². The Balaban J connectivity index is 1.96. The molecule has 6 nitrogen and oxygen atoms in total. The smallest absolute Gasteiger partial charge is 0.323 e. The van der Waals surface area contributed by atoms with Crippen molar-refractivity contribution in [2.24, 2.45) is 5.92 Å². The van der Waals surface area contributed by atoms with Gasteiger partial charge in [-0.2, -0.15) is 15.0 Å². The topological polar surface area (TPSA) is 86.0 Å². The third-order valence-electron chi connectivity index (χ3n) is 2.80. The van der Waals surface area contributed by atoms with Crippen molar-refractivity contribution in [3.63, 3.8) is 0 Å². The molecule has 1 aromatic rings. The Bertz CT molecular complexity index is 384. The number of anilines is 2. The summed E-state index contributed by atoms with van der Waals surface area (Å²) in [5.41, 5.74) is 5.60. The second-order valence-corrected chi connectivity index (χ2v) is 4.27. The molecule has 1 fully saturated rings. The molecule has 0 aromatic carbocycles. The highest BCUT2D eigenvalue weighted by Gasteiger charge is 2.36. The summed E-state index contributed by atoms with van der Waals surface area (Å²) in [6.07, 6.45) is 3.65. The first kappa shape index (κ1) is 11.9. The molecule has 6 heteroatoms. The normalized spacial score (nSPS) is 22.2. The lowest BCUT2D eigenvalue weighted by Crippen LogP contribution is -2.11. The summed E-state index contributed by atoms with van der Waals surface area (Å²) in [6.45, 7) is 4.60. The van der Waals surface area contributed by atoms with Crippen LogP contribution in [-0.4, -0.2) is 27.6 Å². The minimum atomic E-state index is 0.193. The van der Waals surface area contributed by atoms with Crippen LogP contribution in [0.15, 0.2) is 0 Å². The Morgan fingerprint density at radius 1 is 1.35 bits per heavy atom. The molecular weight excluding hydrogens is 218 g/mol. The molecule has 0 saturated heterocycles. The molecule has 0 radical (unpaired) electrons. The Morgan fingerprint density at radius 2 is 2.18 bits per heavy atom. The van der Waals surface area contributed by atoms with Gasteiger partial charge in [0.1, 0.15) is 0 Å². The van der Waals surface area contributed by atoms with E-state index in [4.69, 9.17) is 10.5 Å². The predicted molar refractivity (Wildman–Crippen MR) is 65.8 cm³/mol. The fourth-order valence-electron chi connectivity index (χ4n) is 1.91. The standard InChI is InChI=1S/C11H19N5O/c1-3-5-7-6-8(7)13-10-14-9(12)15-11(16-10)17-4-2/h7-8H,3-6H2,1-2H3,(H3,12,13,14,15,16). The third-order valence-corrected chi connectivity index (χ3v) is 2.80. The van der Waals surface area contributed by atoms with Crippen LogP contribution in [0, 0.1) is 5.92 Å². The second-order valence-electron chi connectivity index (χ2n) is 4.27. The van der Waals surface area contributed by atoms with Crippen LogP contribution in [0.4, 0.5) is 11.9 Å². The van der Waals surface area contributed by atoms with Crippen LogP contribution in [0.1, 0.15) is 33.1 Å². The zero-order valence-electron chi connectivity index (χ0n) is 10.3. The van der Waals surface area contributed by atoms with Crippen LogP contribution in [0.5, 0.6) is 6.01 Å². The lowest BCUT2D eigenvalue weighted by atomic mass is 10.2. The quantitative estimate of drug-likeness (QED) is 0.779. The number of nitrogens with one attached hydrogen (secondary N) is 1. The molecule has 3 N–H and O–H groups in total. The number of nitrogen functional groups attached to an aromatic ring is 1. The van der Waals surface area contributed by atoms with Gasteiger partial charge in [0.05, 0.1) is 6.61 Å². The molecule has 2 rings (SSSR count). The summed E-state index contributed by atoms with van der Waals surface area (Å²) in [4.78, 5) is 12.1. The lowest BCUT2D eigenvalue weighted by molar-refractivity contribution is 0.312. The Morgan fingerprint density at radius 3 is 2.88 bits per heavy atom. The summed E-state index contributed by atoms with van der Waals surface area (Å²) in [5.74, 6) is 1.46. The molecule has 1 saturated carbocycles. The average Bonchev–Trinajstić information content (AvgIpc) is 2.96. The fraction of sp³-hybridized carbons (Fsp3) is 0.727. The molecule has 1 heterocycles. The molecule has 1 aromatic heterocycles. The number of nitrogens with two attached hydrogens (primary N) is 1. The maximum Gasteiger partial charge on any atom is 0.323 e. The van der Waals surface area contributed by atoms with E-state index in [0.29, 0.717) is 18.6 Å². The molecule has 94 valence electrons. The van der Waals surface area contributed by atoms with Gasteiger partial charge in [-0.05, 0) is 25.7 Å². The van der Waals surface area contributed by atoms with Gasteiger partial charge in [-0.15, -0.1) is 0 Å². The average molecular weight is 237 g/mol. The summed E-state index contributed by atoms with van der Waals surface area (Å²) >= 11 is 0. The Hall–Kier alpha value is -1.59. The number of aromatic nitrogens is 3. The number of hydrogen-bond acceptors (Lipinski definition) is 6. The molecule has 0 spiro atoms. The summed E-state index contributed by atoms with van der Waals surface area (Å²) < 4.78 is 5.22. The summed E-state index contributed by atoms with van der Waals surface area (Å²) in [7, 11) is 0. The fourth-order valence-corrected chi connectivity index (χ4v) is 1.91. The van der Waals surface area contributed by atoms with E-state index >= 15 is 0 Å². The Kier molecular flexibility index (Phi) is 3.61. The van der Waals surface area contributed by atoms with Gasteiger partial charge < -0.3 is 15.8 Å². The van der Waals surface area contributed by atoms with Crippen LogP contribution in [0.25, 0.3) is 0 Å². The van der Waals surface area contributed by atoms with Crippen molar-refractivity contribution in [3.05, 3.63) is 0 Å². The van der Waals surface area contributed by atoms with E-state index in [1.54, 1.807) is 0 Å². The van der Waals surface area contributed by atoms with Crippen molar-refractivity contribution in [1.82, 2.24) is 15.0 Å².